The second kappa shape index (κ2) is 5.06. The molecule has 4 aliphatic carbocycles. The Kier molecular flexibility index (Phi) is 3.49. The first-order valence-electron chi connectivity index (χ1n) is 9.66. The molecule has 4 fully saturated rings. The second-order valence-electron chi connectivity index (χ2n) is 9.25. The summed E-state index contributed by atoms with van der Waals surface area (Å²) in [5.74, 6) is 3.89. The molecule has 0 saturated heterocycles. The molecule has 4 aliphatic rings. The largest absolute Gasteiger partial charge is 0.396 e. The minimum atomic E-state index is -0.0141. The third kappa shape index (κ3) is 1.79. The Morgan fingerprint density at radius 2 is 1.86 bits per heavy atom. The van der Waals surface area contributed by atoms with E-state index in [1.54, 1.807) is 0 Å². The maximum absolute atomic E-state index is 12.9. The molecular formula is C20H32O2. The average molecular weight is 304 g/mol. The summed E-state index contributed by atoms with van der Waals surface area (Å²) in [4.78, 5) is 12.9. The zero-order valence-corrected chi connectivity index (χ0v) is 14.3. The summed E-state index contributed by atoms with van der Waals surface area (Å²) in [6.45, 7) is 5.14. The highest BCUT2D eigenvalue weighted by Gasteiger charge is 2.61. The topological polar surface area (TPSA) is 37.3 Å². The van der Waals surface area contributed by atoms with E-state index >= 15 is 0 Å². The number of carbonyl (C=O) groups excluding carboxylic acids is 1. The standard InChI is InChI=1S/C20H32O2/c1-19-11-10-17-15(16(19)9-7-14(19)12-21)8-6-13-4-3-5-18(22)20(13,17)2/h13-17,21H,3-12H2,1-2H3/t13?,14?,15-,16-,17+,19+,20-/m0/s1. The van der Waals surface area contributed by atoms with E-state index in [2.05, 4.69) is 13.8 Å². The first-order valence-corrected chi connectivity index (χ1v) is 9.66. The van der Waals surface area contributed by atoms with Gasteiger partial charge in [0.25, 0.3) is 0 Å². The third-order valence-corrected chi connectivity index (χ3v) is 8.88. The smallest absolute Gasteiger partial charge is 0.139 e. The fourth-order valence-electron chi connectivity index (χ4n) is 7.50. The Morgan fingerprint density at radius 3 is 2.64 bits per heavy atom. The normalized spacial score (nSPS) is 54.5. The molecule has 7 atom stereocenters. The van der Waals surface area contributed by atoms with Gasteiger partial charge in [-0.3, -0.25) is 4.79 Å². The van der Waals surface area contributed by atoms with Gasteiger partial charge in [-0.05, 0) is 86.4 Å². The van der Waals surface area contributed by atoms with Crippen LogP contribution in [0.4, 0.5) is 0 Å². The van der Waals surface area contributed by atoms with Crippen molar-refractivity contribution in [1.82, 2.24) is 0 Å². The van der Waals surface area contributed by atoms with Crippen molar-refractivity contribution in [2.75, 3.05) is 6.61 Å². The molecule has 0 aromatic heterocycles. The number of aliphatic hydroxyl groups excluding tert-OH is 1. The van der Waals surface area contributed by atoms with Crippen molar-refractivity contribution in [3.05, 3.63) is 0 Å². The van der Waals surface area contributed by atoms with E-state index in [9.17, 15) is 9.90 Å². The van der Waals surface area contributed by atoms with Crippen LogP contribution in [0.3, 0.4) is 0 Å². The van der Waals surface area contributed by atoms with Crippen LogP contribution >= 0.6 is 0 Å². The molecule has 0 heterocycles. The molecule has 2 nitrogen and oxygen atoms in total. The lowest BCUT2D eigenvalue weighted by Crippen LogP contribution is -2.56. The summed E-state index contributed by atoms with van der Waals surface area (Å²) >= 11 is 0. The molecule has 0 aromatic carbocycles. The Bertz CT molecular complexity index is 472. The summed E-state index contributed by atoms with van der Waals surface area (Å²) in [7, 11) is 0. The molecule has 124 valence electrons. The predicted molar refractivity (Wildman–Crippen MR) is 87.3 cm³/mol. The lowest BCUT2D eigenvalue weighted by Gasteiger charge is -2.59. The molecule has 0 spiro atoms. The Labute approximate surface area is 135 Å². The number of hydrogen-bond donors (Lipinski definition) is 1. The maximum atomic E-state index is 12.9. The van der Waals surface area contributed by atoms with E-state index in [4.69, 9.17) is 0 Å². The zero-order chi connectivity index (χ0) is 15.5. The van der Waals surface area contributed by atoms with E-state index in [0.29, 0.717) is 35.6 Å². The number of Topliss-reactive ketones (excluding diaryl/α,β-unsaturated/α-hetero) is 1. The number of rotatable bonds is 1. The van der Waals surface area contributed by atoms with Crippen LogP contribution in [-0.4, -0.2) is 17.5 Å². The SMILES string of the molecule is C[C@]12C(=O)CCCC1CC[C@@H]1[C@H]2CC[C@]2(C)C(CO)CC[C@@H]12. The highest BCUT2D eigenvalue weighted by molar-refractivity contribution is 5.86. The van der Waals surface area contributed by atoms with Crippen LogP contribution in [0, 0.1) is 40.4 Å². The van der Waals surface area contributed by atoms with Gasteiger partial charge in [0.1, 0.15) is 5.78 Å². The van der Waals surface area contributed by atoms with E-state index in [0.717, 1.165) is 24.7 Å². The third-order valence-electron chi connectivity index (χ3n) is 8.88. The molecular weight excluding hydrogens is 272 g/mol. The summed E-state index contributed by atoms with van der Waals surface area (Å²) in [5, 5.41) is 9.79. The average Bonchev–Trinajstić information content (AvgIpc) is 2.85. The summed E-state index contributed by atoms with van der Waals surface area (Å²) in [5.41, 5.74) is 0.330. The van der Waals surface area contributed by atoms with E-state index in [1.807, 2.05) is 0 Å². The molecule has 0 aliphatic heterocycles. The number of aliphatic hydroxyl groups is 1. The van der Waals surface area contributed by atoms with Gasteiger partial charge >= 0.3 is 0 Å². The van der Waals surface area contributed by atoms with Gasteiger partial charge < -0.3 is 5.11 Å². The summed E-state index contributed by atoms with van der Waals surface area (Å²) in [6, 6.07) is 0. The van der Waals surface area contributed by atoms with Crippen molar-refractivity contribution in [3.63, 3.8) is 0 Å². The van der Waals surface area contributed by atoms with Gasteiger partial charge in [-0.2, -0.15) is 0 Å². The molecule has 2 heteroatoms. The van der Waals surface area contributed by atoms with Crippen molar-refractivity contribution in [2.45, 2.75) is 71.6 Å². The molecule has 4 rings (SSSR count). The fraction of sp³-hybridized carbons (Fsp3) is 0.950. The van der Waals surface area contributed by atoms with Gasteiger partial charge in [-0.1, -0.05) is 13.8 Å². The van der Waals surface area contributed by atoms with Crippen LogP contribution in [0.15, 0.2) is 0 Å². The Balaban J connectivity index is 1.66. The molecule has 0 bridgehead atoms. The van der Waals surface area contributed by atoms with Gasteiger partial charge in [0, 0.05) is 18.4 Å². The quantitative estimate of drug-likeness (QED) is 0.788. The monoisotopic (exact) mass is 304 g/mol. The van der Waals surface area contributed by atoms with Crippen LogP contribution < -0.4 is 0 Å². The molecule has 0 radical (unpaired) electrons. The van der Waals surface area contributed by atoms with Crippen molar-refractivity contribution in [1.29, 1.82) is 0 Å². The molecule has 2 unspecified atom stereocenters. The maximum Gasteiger partial charge on any atom is 0.139 e. The molecule has 0 amide bonds. The minimum absolute atomic E-state index is 0.0141. The molecule has 4 saturated carbocycles. The van der Waals surface area contributed by atoms with Crippen LogP contribution in [0.1, 0.15) is 71.6 Å². The van der Waals surface area contributed by atoms with Crippen LogP contribution in [0.25, 0.3) is 0 Å². The van der Waals surface area contributed by atoms with Gasteiger partial charge in [0.15, 0.2) is 0 Å². The number of fused-ring (bicyclic) bond motifs is 5. The van der Waals surface area contributed by atoms with Crippen molar-refractivity contribution < 1.29 is 9.90 Å². The minimum Gasteiger partial charge on any atom is -0.396 e. The highest BCUT2D eigenvalue weighted by Crippen LogP contribution is 2.66. The van der Waals surface area contributed by atoms with Crippen LogP contribution in [0.2, 0.25) is 0 Å². The lowest BCUT2D eigenvalue weighted by molar-refractivity contribution is -0.156. The first kappa shape index (κ1) is 15.2. The first-order chi connectivity index (χ1) is 10.5. The highest BCUT2D eigenvalue weighted by atomic mass is 16.3. The number of ketones is 1. The van der Waals surface area contributed by atoms with Gasteiger partial charge in [-0.25, -0.2) is 0 Å². The zero-order valence-electron chi connectivity index (χ0n) is 14.3. The van der Waals surface area contributed by atoms with Crippen molar-refractivity contribution in [2.24, 2.45) is 40.4 Å². The fourth-order valence-corrected chi connectivity index (χ4v) is 7.50. The van der Waals surface area contributed by atoms with E-state index in [-0.39, 0.29) is 5.41 Å². The molecule has 22 heavy (non-hydrogen) atoms. The Hall–Kier alpha value is -0.370. The number of hydrogen-bond acceptors (Lipinski definition) is 2. The van der Waals surface area contributed by atoms with Crippen LogP contribution in [-0.2, 0) is 4.79 Å². The second-order valence-corrected chi connectivity index (χ2v) is 9.25. The predicted octanol–water partition coefficient (Wildman–Crippen LogP) is 4.21. The van der Waals surface area contributed by atoms with E-state index < -0.39 is 0 Å². The van der Waals surface area contributed by atoms with Crippen molar-refractivity contribution >= 4 is 5.78 Å². The summed E-state index contributed by atoms with van der Waals surface area (Å²) in [6.07, 6.45) is 10.8. The Morgan fingerprint density at radius 1 is 1.05 bits per heavy atom. The van der Waals surface area contributed by atoms with Crippen LogP contribution in [0.5, 0.6) is 0 Å². The van der Waals surface area contributed by atoms with Gasteiger partial charge in [-0.15, -0.1) is 0 Å². The number of carbonyl (C=O) groups is 1. The molecule has 1 N–H and O–H groups in total. The molecule has 0 aromatic rings. The van der Waals surface area contributed by atoms with E-state index in [1.165, 1.54) is 44.9 Å². The van der Waals surface area contributed by atoms with Gasteiger partial charge in [0.05, 0.1) is 0 Å². The lowest BCUT2D eigenvalue weighted by atomic mass is 9.44. The van der Waals surface area contributed by atoms with Gasteiger partial charge in [0.2, 0.25) is 0 Å². The summed E-state index contributed by atoms with van der Waals surface area (Å²) < 4.78 is 0. The van der Waals surface area contributed by atoms with Crippen molar-refractivity contribution in [3.8, 4) is 0 Å².